The number of unbranched alkanes of at least 4 members (excludes halogenated alkanes) is 8. The lowest BCUT2D eigenvalue weighted by Gasteiger charge is -2.43. The Morgan fingerprint density at radius 1 is 0.774 bits per heavy atom. The van der Waals surface area contributed by atoms with Gasteiger partial charge in [0.25, 0.3) is 5.91 Å². The summed E-state index contributed by atoms with van der Waals surface area (Å²) in [4.78, 5) is 43.4. The molecular weight excluding hydrogens is 803 g/mol. The van der Waals surface area contributed by atoms with Gasteiger partial charge in [-0.15, -0.1) is 0 Å². The van der Waals surface area contributed by atoms with Crippen molar-refractivity contribution in [2.24, 2.45) is 5.41 Å². The Balaban J connectivity index is 2.87. The van der Waals surface area contributed by atoms with Crippen LogP contribution in [0.1, 0.15) is 145 Å². The smallest absolute Gasteiger partial charge is 0.251 e. The number of nitrogens with one attached hydrogen (secondary N) is 1. The standard InChI is InChI=1S/C46H85N3O13/c1-8-10-11-12-13-14-15-16-17-18-19-20-21-22-23-25-36(54)48(29-26-46(6,7)49(35(53)9-2)32-45(3,4)5)28-24-27-47-43(60)40(58)39(57)42(33(52)30-50)62-44-41(59)38(56)37(55)34(31-51)61-44/h13-14,16-17,33-34,37-42,44,50-52,55-59H,8-12,15,18-32H2,1-7H3,(H,47,60)/b14-13+,17-16-. The topological polar surface area (TPSA) is 250 Å². The fourth-order valence-corrected chi connectivity index (χ4v) is 7.21. The van der Waals surface area contributed by atoms with Crippen molar-refractivity contribution in [3.8, 4) is 0 Å². The van der Waals surface area contributed by atoms with Crippen molar-refractivity contribution in [1.29, 1.82) is 0 Å². The highest BCUT2D eigenvalue weighted by atomic mass is 16.7. The molecule has 0 aromatic heterocycles. The van der Waals surface area contributed by atoms with Gasteiger partial charge in [-0.1, -0.05) is 91.0 Å². The zero-order valence-electron chi connectivity index (χ0n) is 38.9. The Kier molecular flexibility index (Phi) is 28.4. The molecule has 0 aromatic carbocycles. The number of rotatable bonds is 32. The molecule has 16 heteroatoms. The molecule has 9 N–H and O–H groups in total. The van der Waals surface area contributed by atoms with Crippen LogP contribution in [0, 0.1) is 5.41 Å². The summed E-state index contributed by atoms with van der Waals surface area (Å²) < 4.78 is 10.7. The van der Waals surface area contributed by atoms with Gasteiger partial charge in [-0.3, -0.25) is 14.4 Å². The van der Waals surface area contributed by atoms with Gasteiger partial charge in [-0.05, 0) is 70.6 Å². The van der Waals surface area contributed by atoms with E-state index in [1.807, 2.05) is 25.7 Å². The molecular formula is C46H85N3O13. The maximum absolute atomic E-state index is 13.7. The number of hydrogen-bond acceptors (Lipinski definition) is 13. The summed E-state index contributed by atoms with van der Waals surface area (Å²) in [7, 11) is 0. The maximum atomic E-state index is 13.7. The predicted molar refractivity (Wildman–Crippen MR) is 237 cm³/mol. The first-order valence-corrected chi connectivity index (χ1v) is 23.0. The fraction of sp³-hybridized carbons (Fsp3) is 0.848. The number of carbonyl (C=O) groups is 3. The van der Waals surface area contributed by atoms with E-state index >= 15 is 0 Å². The number of carbonyl (C=O) groups excluding carboxylic acids is 3. The Labute approximate surface area is 371 Å². The van der Waals surface area contributed by atoms with Crippen molar-refractivity contribution in [3.05, 3.63) is 24.3 Å². The minimum atomic E-state index is -2.20. The summed E-state index contributed by atoms with van der Waals surface area (Å²) in [6.45, 7) is 13.7. The minimum absolute atomic E-state index is 0.00919. The largest absolute Gasteiger partial charge is 0.394 e. The van der Waals surface area contributed by atoms with Crippen molar-refractivity contribution in [2.75, 3.05) is 39.4 Å². The van der Waals surface area contributed by atoms with Crippen LogP contribution in [0.5, 0.6) is 0 Å². The van der Waals surface area contributed by atoms with Gasteiger partial charge < -0.3 is 65.4 Å². The maximum Gasteiger partial charge on any atom is 0.251 e. The van der Waals surface area contributed by atoms with E-state index < -0.39 is 79.8 Å². The zero-order valence-corrected chi connectivity index (χ0v) is 38.9. The van der Waals surface area contributed by atoms with Crippen LogP contribution in [0.3, 0.4) is 0 Å². The summed E-state index contributed by atoms with van der Waals surface area (Å²) in [6.07, 6.45) is 5.33. The van der Waals surface area contributed by atoms with Gasteiger partial charge in [0.2, 0.25) is 11.8 Å². The van der Waals surface area contributed by atoms with Gasteiger partial charge in [0.05, 0.1) is 13.2 Å². The van der Waals surface area contributed by atoms with Gasteiger partial charge in [0, 0.05) is 44.6 Å². The number of amides is 3. The van der Waals surface area contributed by atoms with E-state index in [1.54, 1.807) is 4.90 Å². The Morgan fingerprint density at radius 2 is 1.39 bits per heavy atom. The van der Waals surface area contributed by atoms with Crippen molar-refractivity contribution in [1.82, 2.24) is 15.1 Å². The van der Waals surface area contributed by atoms with E-state index in [9.17, 15) is 55.2 Å². The Hall–Kier alpha value is -2.51. The summed E-state index contributed by atoms with van der Waals surface area (Å²) in [5, 5.41) is 84.2. The highest BCUT2D eigenvalue weighted by Crippen LogP contribution is 2.28. The predicted octanol–water partition coefficient (Wildman–Crippen LogP) is 2.85. The van der Waals surface area contributed by atoms with Crippen molar-refractivity contribution < 1.29 is 64.7 Å². The Morgan fingerprint density at radius 3 is 1.97 bits per heavy atom. The van der Waals surface area contributed by atoms with Crippen LogP contribution in [0.2, 0.25) is 0 Å². The SMILES string of the molecule is CCCCC/C=C/C/C=C\CCCCCCCC(=O)N(CCCNC(=O)C(O)C(O)C(OC1OC(CO)C(O)C(O)C1O)C(O)CO)CCC(C)(C)N(CC(C)(C)C)C(=O)CC. The van der Waals surface area contributed by atoms with Crippen molar-refractivity contribution in [2.45, 2.75) is 205 Å². The molecule has 1 saturated heterocycles. The Bertz CT molecular complexity index is 1310. The first-order chi connectivity index (χ1) is 29.3. The van der Waals surface area contributed by atoms with E-state index in [0.29, 0.717) is 32.4 Å². The van der Waals surface area contributed by atoms with Crippen molar-refractivity contribution in [3.63, 3.8) is 0 Å². The third-order valence-electron chi connectivity index (χ3n) is 11.2. The molecule has 9 unspecified atom stereocenters. The van der Waals surface area contributed by atoms with E-state index in [0.717, 1.165) is 51.4 Å². The van der Waals surface area contributed by atoms with Crippen LogP contribution >= 0.6 is 0 Å². The lowest BCUT2D eigenvalue weighted by molar-refractivity contribution is -0.326. The number of nitrogens with zero attached hydrogens (tertiary/aromatic N) is 2. The number of hydrogen-bond donors (Lipinski definition) is 9. The fourth-order valence-electron chi connectivity index (χ4n) is 7.21. The number of aliphatic hydroxyl groups is 8. The van der Waals surface area contributed by atoms with Crippen LogP contribution in [0.15, 0.2) is 24.3 Å². The molecule has 0 aliphatic carbocycles. The molecule has 1 rings (SSSR count). The molecule has 1 aliphatic heterocycles. The second-order valence-corrected chi connectivity index (χ2v) is 18.4. The third-order valence-corrected chi connectivity index (χ3v) is 11.2. The molecule has 1 aliphatic rings. The summed E-state index contributed by atoms with van der Waals surface area (Å²) in [6, 6.07) is 0. The van der Waals surface area contributed by atoms with Gasteiger partial charge in [0.15, 0.2) is 12.4 Å². The monoisotopic (exact) mass is 888 g/mol. The molecule has 0 saturated carbocycles. The van der Waals surface area contributed by atoms with Crippen LogP contribution in [-0.2, 0) is 23.9 Å². The van der Waals surface area contributed by atoms with Crippen LogP contribution in [0.4, 0.5) is 0 Å². The molecule has 3 amide bonds. The van der Waals surface area contributed by atoms with Crippen LogP contribution in [-0.4, -0.2) is 168 Å². The molecule has 1 fully saturated rings. The average Bonchev–Trinajstić information content (AvgIpc) is 3.23. The molecule has 9 atom stereocenters. The lowest BCUT2D eigenvalue weighted by atomic mass is 9.90. The third kappa shape index (κ3) is 21.4. The normalized spacial score (nSPS) is 21.8. The summed E-state index contributed by atoms with van der Waals surface area (Å²) >= 11 is 0. The van der Waals surface area contributed by atoms with E-state index in [-0.39, 0.29) is 36.7 Å². The molecule has 0 spiro atoms. The molecule has 362 valence electrons. The molecule has 0 aromatic rings. The van der Waals surface area contributed by atoms with Gasteiger partial charge in [0.1, 0.15) is 42.7 Å². The van der Waals surface area contributed by atoms with Crippen LogP contribution in [0.25, 0.3) is 0 Å². The molecule has 0 bridgehead atoms. The zero-order chi connectivity index (χ0) is 46.9. The van der Waals surface area contributed by atoms with Gasteiger partial charge in [-0.2, -0.15) is 0 Å². The number of allylic oxidation sites excluding steroid dienone is 4. The number of aliphatic hydroxyl groups excluding tert-OH is 8. The van der Waals surface area contributed by atoms with Crippen LogP contribution < -0.4 is 5.32 Å². The molecule has 1 heterocycles. The molecule has 62 heavy (non-hydrogen) atoms. The first kappa shape index (κ1) is 57.5. The van der Waals surface area contributed by atoms with E-state index in [2.05, 4.69) is 57.3 Å². The quantitative estimate of drug-likeness (QED) is 0.0349. The van der Waals surface area contributed by atoms with Crippen molar-refractivity contribution >= 4 is 17.7 Å². The summed E-state index contributed by atoms with van der Waals surface area (Å²) in [5.41, 5.74) is -0.697. The molecule has 16 nitrogen and oxygen atoms in total. The highest BCUT2D eigenvalue weighted by molar-refractivity contribution is 5.81. The van der Waals surface area contributed by atoms with E-state index in [1.165, 1.54) is 19.3 Å². The highest BCUT2D eigenvalue weighted by Gasteiger charge is 2.47. The average molecular weight is 888 g/mol. The van der Waals surface area contributed by atoms with Gasteiger partial charge in [-0.25, -0.2) is 0 Å². The number of ether oxygens (including phenoxy) is 2. The van der Waals surface area contributed by atoms with Gasteiger partial charge >= 0.3 is 0 Å². The molecule has 0 radical (unpaired) electrons. The first-order valence-electron chi connectivity index (χ1n) is 23.0. The lowest BCUT2D eigenvalue weighted by Crippen LogP contribution is -2.62. The van der Waals surface area contributed by atoms with E-state index in [4.69, 9.17) is 9.47 Å². The second-order valence-electron chi connectivity index (χ2n) is 18.4. The summed E-state index contributed by atoms with van der Waals surface area (Å²) in [5.74, 6) is -1.06. The second kappa shape index (κ2) is 30.6. The minimum Gasteiger partial charge on any atom is -0.394 e.